The van der Waals surface area contributed by atoms with E-state index in [0.29, 0.717) is 12.4 Å². The van der Waals surface area contributed by atoms with Gasteiger partial charge in [0.2, 0.25) is 0 Å². The first-order valence-corrected chi connectivity index (χ1v) is 8.98. The Labute approximate surface area is 157 Å². The molecule has 144 valence electrons. The highest BCUT2D eigenvalue weighted by atomic mass is 19.4. The van der Waals surface area contributed by atoms with Gasteiger partial charge in [-0.15, -0.1) is 15.3 Å². The van der Waals surface area contributed by atoms with E-state index in [2.05, 4.69) is 25.3 Å². The Morgan fingerprint density at radius 1 is 1.07 bits per heavy atom. The Bertz CT molecular complexity index is 1110. The molecule has 4 aromatic rings. The van der Waals surface area contributed by atoms with Crippen LogP contribution >= 0.6 is 0 Å². The predicted molar refractivity (Wildman–Crippen MR) is 96.1 cm³/mol. The lowest BCUT2D eigenvalue weighted by atomic mass is 9.97. The van der Waals surface area contributed by atoms with Gasteiger partial charge in [-0.1, -0.05) is 12.1 Å². The lowest BCUT2D eigenvalue weighted by molar-refractivity contribution is -0.146. The number of hydrogen-bond acceptors (Lipinski definition) is 5. The maximum absolute atomic E-state index is 13.1. The quantitative estimate of drug-likeness (QED) is 0.571. The molecule has 3 aromatic heterocycles. The van der Waals surface area contributed by atoms with Crippen molar-refractivity contribution in [1.29, 1.82) is 0 Å². The van der Waals surface area contributed by atoms with Crippen molar-refractivity contribution < 1.29 is 13.2 Å². The molecule has 0 bridgehead atoms. The van der Waals surface area contributed by atoms with E-state index in [-0.39, 0.29) is 11.6 Å². The number of benzene rings is 1. The molecule has 28 heavy (non-hydrogen) atoms. The van der Waals surface area contributed by atoms with Crippen molar-refractivity contribution in [3.63, 3.8) is 0 Å². The fourth-order valence-corrected chi connectivity index (χ4v) is 3.70. The summed E-state index contributed by atoms with van der Waals surface area (Å²) in [5.41, 5.74) is 1.96. The van der Waals surface area contributed by atoms with Gasteiger partial charge in [-0.25, -0.2) is 4.98 Å². The summed E-state index contributed by atoms with van der Waals surface area (Å²) >= 11 is 0. The standard InChI is InChI=1S/C18H16F3N7/c19-18(20,21)17-25-24-14-7-8-15(26-28(14)17)27-9-3-4-11(10-27)16-22-12-5-1-2-6-13(12)23-16/h1-2,5-8,11H,3-4,9-10H2,(H,22,23)/t11-/m0/s1. The summed E-state index contributed by atoms with van der Waals surface area (Å²) in [7, 11) is 0. The number of nitrogens with one attached hydrogen (secondary N) is 1. The van der Waals surface area contributed by atoms with Gasteiger partial charge in [-0.3, -0.25) is 0 Å². The Kier molecular flexibility index (Phi) is 3.74. The molecule has 0 aliphatic carbocycles. The summed E-state index contributed by atoms with van der Waals surface area (Å²) in [5.74, 6) is 0.405. The van der Waals surface area contributed by atoms with Crippen LogP contribution in [0.4, 0.5) is 19.0 Å². The van der Waals surface area contributed by atoms with Crippen LogP contribution in [-0.2, 0) is 6.18 Å². The first-order chi connectivity index (χ1) is 13.5. The number of piperidine rings is 1. The summed E-state index contributed by atoms with van der Waals surface area (Å²) < 4.78 is 40.1. The number of aromatic amines is 1. The van der Waals surface area contributed by atoms with Crippen LogP contribution in [0.1, 0.15) is 30.4 Å². The summed E-state index contributed by atoms with van der Waals surface area (Å²) in [5, 5.41) is 10.9. The largest absolute Gasteiger partial charge is 0.453 e. The number of rotatable bonds is 2. The van der Waals surface area contributed by atoms with Crippen LogP contribution in [0, 0.1) is 0 Å². The van der Waals surface area contributed by atoms with Gasteiger partial charge in [-0.05, 0) is 37.1 Å². The van der Waals surface area contributed by atoms with Gasteiger partial charge in [-0.2, -0.15) is 17.7 Å². The Morgan fingerprint density at radius 2 is 1.93 bits per heavy atom. The molecule has 1 fully saturated rings. The van der Waals surface area contributed by atoms with E-state index in [1.807, 2.05) is 29.2 Å². The van der Waals surface area contributed by atoms with E-state index in [1.165, 1.54) is 6.07 Å². The molecule has 0 unspecified atom stereocenters. The van der Waals surface area contributed by atoms with Crippen molar-refractivity contribution in [1.82, 2.24) is 29.8 Å². The molecule has 1 saturated heterocycles. The van der Waals surface area contributed by atoms with Crippen LogP contribution in [-0.4, -0.2) is 42.9 Å². The van der Waals surface area contributed by atoms with Crippen LogP contribution in [0.5, 0.6) is 0 Å². The van der Waals surface area contributed by atoms with Gasteiger partial charge >= 0.3 is 6.18 Å². The molecule has 7 nitrogen and oxygen atoms in total. The molecular weight excluding hydrogens is 371 g/mol. The number of anilines is 1. The van der Waals surface area contributed by atoms with E-state index in [9.17, 15) is 13.2 Å². The molecule has 0 spiro atoms. The first kappa shape index (κ1) is 17.0. The molecule has 1 aliphatic rings. The SMILES string of the molecule is FC(F)(F)c1nnc2ccc(N3CCC[C@H](c4nc5ccccc5[nH]4)C3)nn12. The number of fused-ring (bicyclic) bond motifs is 2. The highest BCUT2D eigenvalue weighted by molar-refractivity contribution is 5.74. The van der Waals surface area contributed by atoms with E-state index in [1.54, 1.807) is 6.07 Å². The second-order valence-corrected chi connectivity index (χ2v) is 6.91. The molecule has 5 rings (SSSR count). The third-order valence-corrected chi connectivity index (χ3v) is 5.04. The molecular formula is C18H16F3N7. The molecule has 1 aliphatic heterocycles. The number of imidazole rings is 1. The fraction of sp³-hybridized carbons (Fsp3) is 0.333. The van der Waals surface area contributed by atoms with Gasteiger partial charge < -0.3 is 9.88 Å². The summed E-state index contributed by atoms with van der Waals surface area (Å²) in [4.78, 5) is 10.0. The number of para-hydroxylation sites is 2. The molecule has 1 N–H and O–H groups in total. The average molecular weight is 387 g/mol. The zero-order chi connectivity index (χ0) is 19.3. The Balaban J connectivity index is 1.46. The van der Waals surface area contributed by atoms with Crippen molar-refractivity contribution >= 4 is 22.5 Å². The highest BCUT2D eigenvalue weighted by Gasteiger charge is 2.38. The summed E-state index contributed by atoms with van der Waals surface area (Å²) in [6, 6.07) is 11.0. The van der Waals surface area contributed by atoms with Gasteiger partial charge in [0.15, 0.2) is 5.65 Å². The van der Waals surface area contributed by atoms with Crippen LogP contribution in [0.2, 0.25) is 0 Å². The molecule has 0 amide bonds. The first-order valence-electron chi connectivity index (χ1n) is 8.98. The zero-order valence-corrected chi connectivity index (χ0v) is 14.7. The average Bonchev–Trinajstić information content (AvgIpc) is 3.31. The molecule has 0 radical (unpaired) electrons. The minimum absolute atomic E-state index is 0.0712. The minimum Gasteiger partial charge on any atom is -0.354 e. The number of halogens is 3. The molecule has 1 atom stereocenters. The van der Waals surface area contributed by atoms with Crippen LogP contribution in [0.25, 0.3) is 16.7 Å². The van der Waals surface area contributed by atoms with Gasteiger partial charge in [0, 0.05) is 19.0 Å². The van der Waals surface area contributed by atoms with Crippen molar-refractivity contribution in [2.75, 3.05) is 18.0 Å². The smallest absolute Gasteiger partial charge is 0.354 e. The third kappa shape index (κ3) is 2.85. The molecule has 10 heteroatoms. The monoisotopic (exact) mass is 387 g/mol. The van der Waals surface area contributed by atoms with Crippen LogP contribution < -0.4 is 4.90 Å². The van der Waals surface area contributed by atoms with Gasteiger partial charge in [0.25, 0.3) is 5.82 Å². The van der Waals surface area contributed by atoms with Crippen molar-refractivity contribution in [3.8, 4) is 0 Å². The summed E-state index contributed by atoms with van der Waals surface area (Å²) in [6.45, 7) is 1.35. The molecule has 4 heterocycles. The second kappa shape index (κ2) is 6.18. The second-order valence-electron chi connectivity index (χ2n) is 6.91. The summed E-state index contributed by atoms with van der Waals surface area (Å²) in [6.07, 6.45) is -2.75. The maximum atomic E-state index is 13.1. The maximum Gasteiger partial charge on any atom is 0.453 e. The van der Waals surface area contributed by atoms with Crippen molar-refractivity contribution in [3.05, 3.63) is 48.0 Å². The van der Waals surface area contributed by atoms with Crippen LogP contribution in [0.15, 0.2) is 36.4 Å². The number of hydrogen-bond donors (Lipinski definition) is 1. The van der Waals surface area contributed by atoms with Crippen molar-refractivity contribution in [2.45, 2.75) is 24.9 Å². The highest BCUT2D eigenvalue weighted by Crippen LogP contribution is 2.31. The van der Waals surface area contributed by atoms with E-state index in [4.69, 9.17) is 0 Å². The van der Waals surface area contributed by atoms with Crippen LogP contribution in [0.3, 0.4) is 0 Å². The molecule has 1 aromatic carbocycles. The van der Waals surface area contributed by atoms with E-state index >= 15 is 0 Å². The predicted octanol–water partition coefficient (Wildman–Crippen LogP) is 3.40. The number of H-pyrrole nitrogens is 1. The topological polar surface area (TPSA) is 75.0 Å². The lowest BCUT2D eigenvalue weighted by Crippen LogP contribution is -2.35. The van der Waals surface area contributed by atoms with E-state index < -0.39 is 12.0 Å². The van der Waals surface area contributed by atoms with E-state index in [0.717, 1.165) is 40.8 Å². The fourth-order valence-electron chi connectivity index (χ4n) is 3.70. The Hall–Kier alpha value is -3.17. The normalized spacial score (nSPS) is 18.2. The number of nitrogens with zero attached hydrogens (tertiary/aromatic N) is 6. The van der Waals surface area contributed by atoms with Gasteiger partial charge in [0.05, 0.1) is 11.0 Å². The number of aromatic nitrogens is 6. The Morgan fingerprint density at radius 3 is 2.75 bits per heavy atom. The third-order valence-electron chi connectivity index (χ3n) is 5.04. The van der Waals surface area contributed by atoms with Gasteiger partial charge in [0.1, 0.15) is 11.6 Å². The number of alkyl halides is 3. The molecule has 0 saturated carbocycles. The lowest BCUT2D eigenvalue weighted by Gasteiger charge is -2.32. The zero-order valence-electron chi connectivity index (χ0n) is 14.7. The van der Waals surface area contributed by atoms with Crippen molar-refractivity contribution in [2.24, 2.45) is 0 Å². The minimum atomic E-state index is -4.61.